The van der Waals surface area contributed by atoms with Crippen molar-refractivity contribution in [3.05, 3.63) is 24.3 Å². The fourth-order valence-corrected chi connectivity index (χ4v) is 1.67. The zero-order chi connectivity index (χ0) is 8.43. The summed E-state index contributed by atoms with van der Waals surface area (Å²) in [5, 5.41) is 0. The van der Waals surface area contributed by atoms with Gasteiger partial charge in [0.05, 0.1) is 0 Å². The lowest BCUT2D eigenvalue weighted by atomic mass is 9.78. The predicted molar refractivity (Wildman–Crippen MR) is 50.5 cm³/mol. The SMILES string of the molecule is C=C1CCC(C(C)C)CC1=C. The van der Waals surface area contributed by atoms with Gasteiger partial charge in [0.25, 0.3) is 0 Å². The molecule has 0 saturated heterocycles. The molecule has 1 aliphatic rings. The summed E-state index contributed by atoms with van der Waals surface area (Å²) in [5.74, 6) is 1.66. The predicted octanol–water partition coefficient (Wildman–Crippen LogP) is 3.55. The fraction of sp³-hybridized carbons (Fsp3) is 0.636. The van der Waals surface area contributed by atoms with Gasteiger partial charge in [0.2, 0.25) is 0 Å². The van der Waals surface area contributed by atoms with E-state index >= 15 is 0 Å². The van der Waals surface area contributed by atoms with Crippen molar-refractivity contribution in [3.8, 4) is 0 Å². The molecule has 0 N–H and O–H groups in total. The van der Waals surface area contributed by atoms with Crippen LogP contribution >= 0.6 is 0 Å². The molecule has 1 fully saturated rings. The molecule has 1 saturated carbocycles. The summed E-state index contributed by atoms with van der Waals surface area (Å²) in [7, 11) is 0. The fourth-order valence-electron chi connectivity index (χ4n) is 1.67. The van der Waals surface area contributed by atoms with Crippen molar-refractivity contribution in [2.45, 2.75) is 33.1 Å². The van der Waals surface area contributed by atoms with E-state index < -0.39 is 0 Å². The third-order valence-electron chi connectivity index (χ3n) is 2.77. The monoisotopic (exact) mass is 150 g/mol. The second kappa shape index (κ2) is 3.25. The van der Waals surface area contributed by atoms with Crippen molar-refractivity contribution >= 4 is 0 Å². The number of rotatable bonds is 1. The van der Waals surface area contributed by atoms with E-state index in [0.29, 0.717) is 0 Å². The van der Waals surface area contributed by atoms with Crippen LogP contribution in [0.2, 0.25) is 0 Å². The van der Waals surface area contributed by atoms with Crippen LogP contribution < -0.4 is 0 Å². The van der Waals surface area contributed by atoms with Gasteiger partial charge in [0.15, 0.2) is 0 Å². The minimum absolute atomic E-state index is 0.805. The van der Waals surface area contributed by atoms with E-state index in [2.05, 4.69) is 27.0 Å². The number of hydrogen-bond donors (Lipinski definition) is 0. The van der Waals surface area contributed by atoms with Crippen LogP contribution in [0.4, 0.5) is 0 Å². The van der Waals surface area contributed by atoms with E-state index in [1.807, 2.05) is 0 Å². The molecule has 0 heterocycles. The summed E-state index contributed by atoms with van der Waals surface area (Å²) in [6.45, 7) is 12.6. The summed E-state index contributed by atoms with van der Waals surface area (Å²) >= 11 is 0. The van der Waals surface area contributed by atoms with Gasteiger partial charge in [-0.15, -0.1) is 0 Å². The largest absolute Gasteiger partial charge is 0.0956 e. The average molecular weight is 150 g/mol. The van der Waals surface area contributed by atoms with Crippen LogP contribution in [0.1, 0.15) is 33.1 Å². The molecular formula is C11H18. The molecule has 0 aromatic carbocycles. The van der Waals surface area contributed by atoms with Crippen molar-refractivity contribution in [2.75, 3.05) is 0 Å². The molecule has 1 rings (SSSR count). The third kappa shape index (κ3) is 1.95. The Morgan fingerprint density at radius 3 is 2.36 bits per heavy atom. The first-order valence-electron chi connectivity index (χ1n) is 4.47. The molecule has 0 radical (unpaired) electrons. The highest BCUT2D eigenvalue weighted by molar-refractivity contribution is 5.27. The van der Waals surface area contributed by atoms with E-state index in [1.54, 1.807) is 0 Å². The Labute approximate surface area is 70.0 Å². The van der Waals surface area contributed by atoms with E-state index in [-0.39, 0.29) is 0 Å². The summed E-state index contributed by atoms with van der Waals surface area (Å²) in [4.78, 5) is 0. The maximum atomic E-state index is 4.03. The zero-order valence-corrected chi connectivity index (χ0v) is 7.69. The van der Waals surface area contributed by atoms with Crippen LogP contribution in [0.25, 0.3) is 0 Å². The van der Waals surface area contributed by atoms with Gasteiger partial charge in [-0.3, -0.25) is 0 Å². The molecular weight excluding hydrogens is 132 g/mol. The van der Waals surface area contributed by atoms with Gasteiger partial charge in [-0.2, -0.15) is 0 Å². The van der Waals surface area contributed by atoms with Crippen molar-refractivity contribution in [1.29, 1.82) is 0 Å². The normalized spacial score (nSPS) is 26.3. The molecule has 0 aliphatic heterocycles. The Morgan fingerprint density at radius 2 is 1.91 bits per heavy atom. The lowest BCUT2D eigenvalue weighted by Gasteiger charge is -2.28. The van der Waals surface area contributed by atoms with Gasteiger partial charge < -0.3 is 0 Å². The van der Waals surface area contributed by atoms with Gasteiger partial charge in [-0.1, -0.05) is 38.2 Å². The minimum Gasteiger partial charge on any atom is -0.0956 e. The van der Waals surface area contributed by atoms with E-state index in [9.17, 15) is 0 Å². The molecule has 11 heavy (non-hydrogen) atoms. The summed E-state index contributed by atoms with van der Waals surface area (Å²) in [5.41, 5.74) is 2.57. The molecule has 0 bridgehead atoms. The summed E-state index contributed by atoms with van der Waals surface area (Å²) in [6.07, 6.45) is 3.66. The maximum Gasteiger partial charge on any atom is -0.0251 e. The Bertz CT molecular complexity index is 174. The van der Waals surface area contributed by atoms with Gasteiger partial charge in [0, 0.05) is 0 Å². The van der Waals surface area contributed by atoms with Crippen LogP contribution in [-0.2, 0) is 0 Å². The Balaban J connectivity index is 2.53. The molecule has 1 atom stereocenters. The van der Waals surface area contributed by atoms with E-state index in [1.165, 1.54) is 30.4 Å². The minimum atomic E-state index is 0.805. The highest BCUT2D eigenvalue weighted by Gasteiger charge is 2.20. The maximum absolute atomic E-state index is 4.03. The van der Waals surface area contributed by atoms with Crippen LogP contribution in [-0.4, -0.2) is 0 Å². The first kappa shape index (κ1) is 8.58. The second-order valence-corrected chi connectivity index (χ2v) is 3.95. The van der Waals surface area contributed by atoms with Crippen LogP contribution in [0.3, 0.4) is 0 Å². The highest BCUT2D eigenvalue weighted by Crippen LogP contribution is 2.34. The van der Waals surface area contributed by atoms with Crippen LogP contribution in [0, 0.1) is 11.8 Å². The first-order chi connectivity index (χ1) is 5.11. The van der Waals surface area contributed by atoms with Crippen LogP contribution in [0.5, 0.6) is 0 Å². The zero-order valence-electron chi connectivity index (χ0n) is 7.69. The van der Waals surface area contributed by atoms with Crippen molar-refractivity contribution < 1.29 is 0 Å². The van der Waals surface area contributed by atoms with E-state index in [0.717, 1.165) is 11.8 Å². The molecule has 62 valence electrons. The molecule has 0 spiro atoms. The second-order valence-electron chi connectivity index (χ2n) is 3.95. The molecule has 0 aromatic heterocycles. The molecule has 0 amide bonds. The lowest BCUT2D eigenvalue weighted by molar-refractivity contribution is 0.342. The Kier molecular flexibility index (Phi) is 2.53. The Hall–Kier alpha value is -0.520. The topological polar surface area (TPSA) is 0 Å². The summed E-state index contributed by atoms with van der Waals surface area (Å²) in [6, 6.07) is 0. The number of hydrogen-bond acceptors (Lipinski definition) is 0. The molecule has 0 nitrogen and oxygen atoms in total. The smallest absolute Gasteiger partial charge is 0.0251 e. The van der Waals surface area contributed by atoms with Gasteiger partial charge in [-0.05, 0) is 31.1 Å². The first-order valence-corrected chi connectivity index (χ1v) is 4.47. The van der Waals surface area contributed by atoms with Crippen molar-refractivity contribution in [2.24, 2.45) is 11.8 Å². The molecule has 0 aromatic rings. The van der Waals surface area contributed by atoms with Crippen molar-refractivity contribution in [3.63, 3.8) is 0 Å². The highest BCUT2D eigenvalue weighted by atomic mass is 14.3. The van der Waals surface area contributed by atoms with Crippen molar-refractivity contribution in [1.82, 2.24) is 0 Å². The van der Waals surface area contributed by atoms with Gasteiger partial charge in [0.1, 0.15) is 0 Å². The van der Waals surface area contributed by atoms with Gasteiger partial charge >= 0.3 is 0 Å². The standard InChI is InChI=1S/C11H18/c1-8(2)11-6-5-9(3)10(4)7-11/h8,11H,3-7H2,1-2H3. The third-order valence-corrected chi connectivity index (χ3v) is 2.77. The average Bonchev–Trinajstić information content (AvgIpc) is 1.94. The van der Waals surface area contributed by atoms with Gasteiger partial charge in [-0.25, -0.2) is 0 Å². The Morgan fingerprint density at radius 1 is 1.27 bits per heavy atom. The van der Waals surface area contributed by atoms with E-state index in [4.69, 9.17) is 0 Å². The number of allylic oxidation sites excluding steroid dienone is 2. The van der Waals surface area contributed by atoms with Crippen LogP contribution in [0.15, 0.2) is 24.3 Å². The lowest BCUT2D eigenvalue weighted by Crippen LogP contribution is -2.14. The summed E-state index contributed by atoms with van der Waals surface area (Å²) < 4.78 is 0. The molecule has 1 unspecified atom stereocenters. The molecule has 0 heteroatoms. The molecule has 1 aliphatic carbocycles. The quantitative estimate of drug-likeness (QED) is 0.536.